The summed E-state index contributed by atoms with van der Waals surface area (Å²) < 4.78 is 13.2. The largest absolute Gasteiger partial charge is 0.394 e. The number of rotatable bonds is 6. The quantitative estimate of drug-likeness (QED) is 0.728. The summed E-state index contributed by atoms with van der Waals surface area (Å²) in [6.45, 7) is 1.40. The van der Waals surface area contributed by atoms with Gasteiger partial charge in [0.05, 0.1) is 12.6 Å². The van der Waals surface area contributed by atoms with Gasteiger partial charge in [0.1, 0.15) is 5.82 Å². The third-order valence-corrected chi connectivity index (χ3v) is 5.01. The highest BCUT2D eigenvalue weighted by Crippen LogP contribution is 2.28. The fourth-order valence-corrected chi connectivity index (χ4v) is 3.68. The zero-order chi connectivity index (χ0) is 19.1. The van der Waals surface area contributed by atoms with Crippen LogP contribution < -0.4 is 10.6 Å². The summed E-state index contributed by atoms with van der Waals surface area (Å²) in [5.41, 5.74) is 1.50. The van der Waals surface area contributed by atoms with Gasteiger partial charge in [-0.25, -0.2) is 9.18 Å². The van der Waals surface area contributed by atoms with E-state index in [-0.39, 0.29) is 30.5 Å². The van der Waals surface area contributed by atoms with E-state index >= 15 is 0 Å². The van der Waals surface area contributed by atoms with Crippen molar-refractivity contribution in [2.45, 2.75) is 31.3 Å². The van der Waals surface area contributed by atoms with Gasteiger partial charge in [-0.3, -0.25) is 4.90 Å². The molecule has 144 valence electrons. The van der Waals surface area contributed by atoms with Crippen LogP contribution >= 0.6 is 0 Å². The first-order valence-corrected chi connectivity index (χ1v) is 9.39. The topological polar surface area (TPSA) is 64.6 Å². The third-order valence-electron chi connectivity index (χ3n) is 5.01. The van der Waals surface area contributed by atoms with Crippen LogP contribution in [0.4, 0.5) is 14.9 Å². The first kappa shape index (κ1) is 19.3. The van der Waals surface area contributed by atoms with Gasteiger partial charge in [-0.05, 0) is 43.1 Å². The van der Waals surface area contributed by atoms with E-state index < -0.39 is 0 Å². The highest BCUT2D eigenvalue weighted by atomic mass is 19.1. The molecule has 5 nitrogen and oxygen atoms in total. The molecule has 27 heavy (non-hydrogen) atoms. The Kier molecular flexibility index (Phi) is 6.79. The first-order valence-electron chi connectivity index (χ1n) is 9.39. The van der Waals surface area contributed by atoms with E-state index in [9.17, 15) is 14.3 Å². The highest BCUT2D eigenvalue weighted by molar-refractivity contribution is 5.89. The molecule has 2 amide bonds. The van der Waals surface area contributed by atoms with Gasteiger partial charge in [0.25, 0.3) is 0 Å². The summed E-state index contributed by atoms with van der Waals surface area (Å²) in [6, 6.07) is 15.5. The summed E-state index contributed by atoms with van der Waals surface area (Å²) in [4.78, 5) is 14.4. The molecule has 1 aliphatic heterocycles. The van der Waals surface area contributed by atoms with E-state index in [2.05, 4.69) is 15.5 Å². The molecule has 0 aromatic heterocycles. The predicted octanol–water partition coefficient (Wildman–Crippen LogP) is 3.54. The molecule has 0 aliphatic carbocycles. The molecule has 2 aromatic carbocycles. The number of benzene rings is 2. The number of aliphatic hydroxyl groups excluding tert-OH is 1. The van der Waals surface area contributed by atoms with Crippen molar-refractivity contribution in [3.63, 3.8) is 0 Å². The van der Waals surface area contributed by atoms with Crippen LogP contribution in [0, 0.1) is 5.82 Å². The van der Waals surface area contributed by atoms with E-state index in [0.717, 1.165) is 31.4 Å². The Bertz CT molecular complexity index is 741. The molecule has 1 heterocycles. The van der Waals surface area contributed by atoms with Crippen molar-refractivity contribution in [2.24, 2.45) is 0 Å². The minimum atomic E-state index is -0.389. The molecular weight excluding hydrogens is 345 g/mol. The lowest BCUT2D eigenvalue weighted by molar-refractivity contribution is 0.0574. The summed E-state index contributed by atoms with van der Waals surface area (Å²) in [7, 11) is 0. The van der Waals surface area contributed by atoms with Crippen molar-refractivity contribution in [3.05, 3.63) is 66.0 Å². The number of carbonyl (C=O) groups excluding carboxylic acids is 1. The van der Waals surface area contributed by atoms with Crippen molar-refractivity contribution in [2.75, 3.05) is 25.0 Å². The fourth-order valence-electron chi connectivity index (χ4n) is 3.68. The van der Waals surface area contributed by atoms with Gasteiger partial charge < -0.3 is 15.7 Å². The van der Waals surface area contributed by atoms with Crippen molar-refractivity contribution in [1.82, 2.24) is 10.2 Å². The highest BCUT2D eigenvalue weighted by Gasteiger charge is 2.29. The smallest absolute Gasteiger partial charge is 0.319 e. The minimum absolute atomic E-state index is 0.0377. The standard InChI is InChI=1S/C21H26FN3O2/c22-17-9-6-10-18(13-17)24-21(27)23-14-19-11-4-5-12-25(19)20(15-26)16-7-2-1-3-8-16/h1-3,6-10,13,19-20,26H,4-5,11-12,14-15H2,(H2,23,24,27). The normalized spacial score (nSPS) is 18.7. The van der Waals surface area contributed by atoms with Crippen LogP contribution in [0.5, 0.6) is 0 Å². The van der Waals surface area contributed by atoms with E-state index in [4.69, 9.17) is 0 Å². The number of urea groups is 1. The van der Waals surface area contributed by atoms with Gasteiger partial charge in [-0.1, -0.05) is 42.8 Å². The van der Waals surface area contributed by atoms with Crippen LogP contribution in [0.25, 0.3) is 0 Å². The van der Waals surface area contributed by atoms with Crippen LogP contribution in [0.1, 0.15) is 30.9 Å². The Labute approximate surface area is 159 Å². The molecule has 2 unspecified atom stereocenters. The van der Waals surface area contributed by atoms with Gasteiger partial charge in [0, 0.05) is 18.3 Å². The molecule has 2 aromatic rings. The van der Waals surface area contributed by atoms with Crippen molar-refractivity contribution in [3.8, 4) is 0 Å². The summed E-state index contributed by atoms with van der Waals surface area (Å²) >= 11 is 0. The van der Waals surface area contributed by atoms with Crippen LogP contribution in [-0.2, 0) is 0 Å². The Morgan fingerprint density at radius 2 is 2.00 bits per heavy atom. The second kappa shape index (κ2) is 9.48. The second-order valence-corrected chi connectivity index (χ2v) is 6.84. The Hall–Kier alpha value is -2.44. The molecule has 6 heteroatoms. The molecule has 0 bridgehead atoms. The predicted molar refractivity (Wildman–Crippen MR) is 104 cm³/mol. The molecule has 1 aliphatic rings. The molecule has 2 atom stereocenters. The monoisotopic (exact) mass is 371 g/mol. The lowest BCUT2D eigenvalue weighted by Crippen LogP contribution is -2.49. The summed E-state index contributed by atoms with van der Waals surface area (Å²) in [6.07, 6.45) is 3.14. The van der Waals surface area contributed by atoms with Gasteiger partial charge in [0.2, 0.25) is 0 Å². The third kappa shape index (κ3) is 5.28. The van der Waals surface area contributed by atoms with Crippen LogP contribution in [-0.4, -0.2) is 41.8 Å². The number of piperidine rings is 1. The van der Waals surface area contributed by atoms with Crippen LogP contribution in [0.3, 0.4) is 0 Å². The number of amides is 2. The fraction of sp³-hybridized carbons (Fsp3) is 0.381. The van der Waals surface area contributed by atoms with E-state index in [1.807, 2.05) is 30.3 Å². The minimum Gasteiger partial charge on any atom is -0.394 e. The summed E-state index contributed by atoms with van der Waals surface area (Å²) in [5, 5.41) is 15.5. The number of aliphatic hydroxyl groups is 1. The number of carbonyl (C=O) groups is 1. The number of hydrogen-bond donors (Lipinski definition) is 3. The summed E-state index contributed by atoms with van der Waals surface area (Å²) in [5.74, 6) is -0.389. The zero-order valence-electron chi connectivity index (χ0n) is 15.3. The maximum atomic E-state index is 13.2. The van der Waals surface area contributed by atoms with Gasteiger partial charge in [-0.2, -0.15) is 0 Å². The van der Waals surface area contributed by atoms with Crippen molar-refractivity contribution in [1.29, 1.82) is 0 Å². The van der Waals surface area contributed by atoms with E-state index in [0.29, 0.717) is 12.2 Å². The Balaban J connectivity index is 1.61. The van der Waals surface area contributed by atoms with Crippen molar-refractivity contribution < 1.29 is 14.3 Å². The SMILES string of the molecule is O=C(NCC1CCCCN1C(CO)c1ccccc1)Nc1cccc(F)c1. The van der Waals surface area contributed by atoms with Crippen molar-refractivity contribution >= 4 is 11.7 Å². The number of nitrogens with one attached hydrogen (secondary N) is 2. The maximum Gasteiger partial charge on any atom is 0.319 e. The molecule has 0 spiro atoms. The number of anilines is 1. The number of likely N-dealkylation sites (tertiary alicyclic amines) is 1. The van der Waals surface area contributed by atoms with Gasteiger partial charge in [0.15, 0.2) is 0 Å². The average molecular weight is 371 g/mol. The Morgan fingerprint density at radius 3 is 2.74 bits per heavy atom. The van der Waals surface area contributed by atoms with Gasteiger partial charge in [-0.15, -0.1) is 0 Å². The molecule has 0 saturated carbocycles. The van der Waals surface area contributed by atoms with Crippen LogP contribution in [0.15, 0.2) is 54.6 Å². The zero-order valence-corrected chi connectivity index (χ0v) is 15.3. The number of nitrogens with zero attached hydrogens (tertiary/aromatic N) is 1. The first-order chi connectivity index (χ1) is 13.2. The maximum absolute atomic E-state index is 13.2. The molecule has 0 radical (unpaired) electrons. The average Bonchev–Trinajstić information content (AvgIpc) is 2.69. The number of halogens is 1. The molecule has 1 fully saturated rings. The second-order valence-electron chi connectivity index (χ2n) is 6.84. The molecular formula is C21H26FN3O2. The molecule has 3 rings (SSSR count). The molecule has 1 saturated heterocycles. The van der Waals surface area contributed by atoms with E-state index in [1.165, 1.54) is 12.1 Å². The Morgan fingerprint density at radius 1 is 1.19 bits per heavy atom. The molecule has 3 N–H and O–H groups in total. The number of hydrogen-bond acceptors (Lipinski definition) is 3. The van der Waals surface area contributed by atoms with Crippen LogP contribution in [0.2, 0.25) is 0 Å². The lowest BCUT2D eigenvalue weighted by atomic mass is 9.96. The van der Waals surface area contributed by atoms with E-state index in [1.54, 1.807) is 12.1 Å². The lowest BCUT2D eigenvalue weighted by Gasteiger charge is -2.41. The van der Waals surface area contributed by atoms with Gasteiger partial charge >= 0.3 is 6.03 Å².